The smallest absolute Gasteiger partial charge is 0.417 e. The van der Waals surface area contributed by atoms with Crippen molar-refractivity contribution in [3.63, 3.8) is 0 Å². The van der Waals surface area contributed by atoms with E-state index in [9.17, 15) is 18.0 Å². The van der Waals surface area contributed by atoms with Crippen LogP contribution in [0.15, 0.2) is 59.4 Å². The lowest BCUT2D eigenvalue weighted by Gasteiger charge is -2.09. The number of halogens is 3. The molecule has 0 saturated carbocycles. The molecule has 0 spiro atoms. The number of rotatable bonds is 8. The highest BCUT2D eigenvalue weighted by Crippen LogP contribution is 2.30. The Balaban J connectivity index is 1.44. The maximum absolute atomic E-state index is 12.5. The standard InChI is InChI=1S/C20H17F3N2O2S2/c21-20(22,23)16-3-6-18(25-11-16)27-17-4-1-15(2-5-17)19(26)24-8-10-29-13-14-7-9-28-12-14/h1-7,9,11-12H,8,10,13H2,(H,24,26). The lowest BCUT2D eigenvalue weighted by molar-refractivity contribution is -0.137. The summed E-state index contributed by atoms with van der Waals surface area (Å²) in [6.45, 7) is 0.557. The molecule has 0 bridgehead atoms. The normalized spacial score (nSPS) is 11.3. The summed E-state index contributed by atoms with van der Waals surface area (Å²) >= 11 is 3.42. The second kappa shape index (κ2) is 9.80. The molecule has 1 N–H and O–H groups in total. The van der Waals surface area contributed by atoms with Crippen LogP contribution < -0.4 is 10.1 Å². The molecule has 152 valence electrons. The highest BCUT2D eigenvalue weighted by Gasteiger charge is 2.30. The number of aromatic nitrogens is 1. The Hall–Kier alpha value is -2.52. The summed E-state index contributed by atoms with van der Waals surface area (Å²) in [5, 5.41) is 7.00. The first-order valence-electron chi connectivity index (χ1n) is 8.60. The monoisotopic (exact) mass is 438 g/mol. The van der Waals surface area contributed by atoms with E-state index in [4.69, 9.17) is 4.74 Å². The number of ether oxygens (including phenoxy) is 1. The molecule has 4 nitrogen and oxygen atoms in total. The summed E-state index contributed by atoms with van der Waals surface area (Å²) in [5.74, 6) is 1.95. The Kier molecular flexibility index (Phi) is 7.16. The fraction of sp³-hybridized carbons (Fsp3) is 0.200. The van der Waals surface area contributed by atoms with Crippen molar-refractivity contribution in [1.29, 1.82) is 0 Å². The topological polar surface area (TPSA) is 51.2 Å². The molecule has 2 heterocycles. The number of pyridine rings is 1. The number of hydrogen-bond acceptors (Lipinski definition) is 5. The van der Waals surface area contributed by atoms with Gasteiger partial charge >= 0.3 is 6.18 Å². The van der Waals surface area contributed by atoms with Gasteiger partial charge in [0.2, 0.25) is 5.88 Å². The minimum Gasteiger partial charge on any atom is -0.439 e. The summed E-state index contributed by atoms with van der Waals surface area (Å²) in [6, 6.07) is 10.5. The average molecular weight is 438 g/mol. The van der Waals surface area contributed by atoms with Gasteiger partial charge < -0.3 is 10.1 Å². The van der Waals surface area contributed by atoms with Crippen LogP contribution in [0.4, 0.5) is 13.2 Å². The lowest BCUT2D eigenvalue weighted by Crippen LogP contribution is -2.25. The fourth-order valence-electron chi connectivity index (χ4n) is 2.31. The second-order valence-electron chi connectivity index (χ2n) is 5.95. The van der Waals surface area contributed by atoms with Gasteiger partial charge in [-0.05, 0) is 52.7 Å². The Bertz CT molecular complexity index is 912. The first kappa shape index (κ1) is 21.2. The van der Waals surface area contributed by atoms with Gasteiger partial charge in [0.05, 0.1) is 5.56 Å². The van der Waals surface area contributed by atoms with E-state index in [1.807, 2.05) is 5.38 Å². The van der Waals surface area contributed by atoms with Crippen LogP contribution in [-0.2, 0) is 11.9 Å². The van der Waals surface area contributed by atoms with Gasteiger partial charge in [-0.2, -0.15) is 36.3 Å². The van der Waals surface area contributed by atoms with E-state index < -0.39 is 11.7 Å². The summed E-state index contributed by atoms with van der Waals surface area (Å²) in [5.41, 5.74) is 0.912. The van der Waals surface area contributed by atoms with Crippen molar-refractivity contribution in [1.82, 2.24) is 10.3 Å². The minimum atomic E-state index is -4.44. The van der Waals surface area contributed by atoms with Crippen LogP contribution in [0, 0.1) is 0 Å². The highest BCUT2D eigenvalue weighted by molar-refractivity contribution is 7.98. The zero-order valence-corrected chi connectivity index (χ0v) is 16.7. The molecule has 0 aliphatic carbocycles. The molecule has 0 saturated heterocycles. The molecule has 3 aromatic rings. The highest BCUT2D eigenvalue weighted by atomic mass is 32.2. The van der Waals surface area contributed by atoms with Crippen LogP contribution in [0.3, 0.4) is 0 Å². The average Bonchev–Trinajstić information content (AvgIpc) is 3.21. The van der Waals surface area contributed by atoms with Gasteiger partial charge in [0, 0.05) is 35.9 Å². The molecule has 3 rings (SSSR count). The van der Waals surface area contributed by atoms with E-state index in [1.54, 1.807) is 47.4 Å². The van der Waals surface area contributed by atoms with E-state index in [0.29, 0.717) is 24.1 Å². The third-order valence-corrected chi connectivity index (χ3v) is 5.55. The molecule has 9 heteroatoms. The molecule has 0 aliphatic heterocycles. The maximum atomic E-state index is 12.5. The number of thiophene rings is 1. The predicted molar refractivity (Wildman–Crippen MR) is 109 cm³/mol. The van der Waals surface area contributed by atoms with E-state index in [0.717, 1.165) is 23.6 Å². The van der Waals surface area contributed by atoms with E-state index >= 15 is 0 Å². The van der Waals surface area contributed by atoms with Crippen LogP contribution in [-0.4, -0.2) is 23.2 Å². The van der Waals surface area contributed by atoms with E-state index in [2.05, 4.69) is 21.7 Å². The predicted octanol–water partition coefficient (Wildman–Crippen LogP) is 5.62. The zero-order valence-electron chi connectivity index (χ0n) is 15.1. The molecular weight excluding hydrogens is 421 g/mol. The third kappa shape index (κ3) is 6.50. The molecule has 0 atom stereocenters. The van der Waals surface area contributed by atoms with Crippen molar-refractivity contribution >= 4 is 29.0 Å². The van der Waals surface area contributed by atoms with Gasteiger partial charge in [0.1, 0.15) is 5.75 Å². The SMILES string of the molecule is O=C(NCCSCc1ccsc1)c1ccc(Oc2ccc(C(F)(F)F)cn2)cc1. The Labute approximate surface area is 174 Å². The number of amides is 1. The van der Waals surface area contributed by atoms with Crippen LogP contribution in [0.25, 0.3) is 0 Å². The Morgan fingerprint density at radius 3 is 2.55 bits per heavy atom. The van der Waals surface area contributed by atoms with Crippen LogP contribution in [0.5, 0.6) is 11.6 Å². The molecule has 2 aromatic heterocycles. The third-order valence-electron chi connectivity index (χ3n) is 3.78. The van der Waals surface area contributed by atoms with Gasteiger partial charge in [0.25, 0.3) is 5.91 Å². The first-order chi connectivity index (χ1) is 13.9. The zero-order chi connectivity index (χ0) is 20.7. The number of thioether (sulfide) groups is 1. The lowest BCUT2D eigenvalue weighted by atomic mass is 10.2. The molecule has 0 radical (unpaired) electrons. The van der Waals surface area contributed by atoms with Crippen molar-refractivity contribution in [3.8, 4) is 11.6 Å². The maximum Gasteiger partial charge on any atom is 0.417 e. The van der Waals surface area contributed by atoms with Gasteiger partial charge in [-0.25, -0.2) is 4.98 Å². The molecule has 1 amide bonds. The second-order valence-corrected chi connectivity index (χ2v) is 7.83. The van der Waals surface area contributed by atoms with Crippen LogP contribution in [0.1, 0.15) is 21.5 Å². The van der Waals surface area contributed by atoms with Gasteiger partial charge in [-0.3, -0.25) is 4.79 Å². The molecule has 1 aromatic carbocycles. The summed E-state index contributed by atoms with van der Waals surface area (Å²) in [4.78, 5) is 15.8. The van der Waals surface area contributed by atoms with Crippen LogP contribution in [0.2, 0.25) is 0 Å². The van der Waals surface area contributed by atoms with Crippen molar-refractivity contribution in [2.24, 2.45) is 0 Å². The number of alkyl halides is 3. The van der Waals surface area contributed by atoms with Gasteiger partial charge in [-0.1, -0.05) is 0 Å². The summed E-state index contributed by atoms with van der Waals surface area (Å²) < 4.78 is 43.0. The van der Waals surface area contributed by atoms with Gasteiger partial charge in [0.15, 0.2) is 0 Å². The number of benzene rings is 1. The van der Waals surface area contributed by atoms with Gasteiger partial charge in [-0.15, -0.1) is 0 Å². The van der Waals surface area contributed by atoms with Crippen molar-refractivity contribution in [2.45, 2.75) is 11.9 Å². The number of nitrogens with zero attached hydrogens (tertiary/aromatic N) is 1. The largest absolute Gasteiger partial charge is 0.439 e. The van der Waals surface area contributed by atoms with Crippen molar-refractivity contribution < 1.29 is 22.7 Å². The Morgan fingerprint density at radius 1 is 1.14 bits per heavy atom. The molecule has 0 unspecified atom stereocenters. The minimum absolute atomic E-state index is 0.0397. The fourth-order valence-corrected chi connectivity index (χ4v) is 3.89. The van der Waals surface area contributed by atoms with Crippen LogP contribution >= 0.6 is 23.1 Å². The summed E-state index contributed by atoms with van der Waals surface area (Å²) in [6.07, 6.45) is -3.73. The Morgan fingerprint density at radius 2 is 1.93 bits per heavy atom. The number of carbonyl (C=O) groups is 1. The molecule has 0 fully saturated rings. The molecule has 29 heavy (non-hydrogen) atoms. The number of hydrogen-bond donors (Lipinski definition) is 1. The molecular formula is C20H17F3N2O2S2. The number of carbonyl (C=O) groups excluding carboxylic acids is 1. The van der Waals surface area contributed by atoms with E-state index in [-0.39, 0.29) is 11.8 Å². The number of nitrogens with one attached hydrogen (secondary N) is 1. The van der Waals surface area contributed by atoms with E-state index in [1.165, 1.54) is 5.56 Å². The van der Waals surface area contributed by atoms with Crippen molar-refractivity contribution in [3.05, 3.63) is 76.1 Å². The summed E-state index contributed by atoms with van der Waals surface area (Å²) in [7, 11) is 0. The quantitative estimate of drug-likeness (QED) is 0.464. The first-order valence-corrected chi connectivity index (χ1v) is 10.7. The molecule has 0 aliphatic rings. The van der Waals surface area contributed by atoms with Crippen molar-refractivity contribution in [2.75, 3.05) is 12.3 Å².